The number of halogens is 1. The Kier molecular flexibility index (Phi) is 10.9. The highest BCUT2D eigenvalue weighted by molar-refractivity contribution is 6.30. The SMILES string of the molecule is CNCC(CC1CCCCC1)NC(=O)c1cc2c(c(C(OCCNC(=O)OC)c3cccc(Cl)c3)c1)OCC2. The van der Waals surface area contributed by atoms with Gasteiger partial charge in [0.15, 0.2) is 0 Å². The molecule has 8 nitrogen and oxygen atoms in total. The molecule has 39 heavy (non-hydrogen) atoms. The number of likely N-dealkylation sites (N-methyl/N-ethyl adjacent to an activating group) is 1. The smallest absolute Gasteiger partial charge is 0.406 e. The highest BCUT2D eigenvalue weighted by Crippen LogP contribution is 2.40. The van der Waals surface area contributed by atoms with Crippen LogP contribution in [0.2, 0.25) is 5.02 Å². The predicted molar refractivity (Wildman–Crippen MR) is 152 cm³/mol. The third-order valence-corrected chi connectivity index (χ3v) is 7.71. The molecule has 0 spiro atoms. The van der Waals surface area contributed by atoms with E-state index in [-0.39, 0.29) is 25.1 Å². The van der Waals surface area contributed by atoms with Crippen LogP contribution in [-0.2, 0) is 15.9 Å². The number of ether oxygens (including phenoxy) is 3. The van der Waals surface area contributed by atoms with Crippen LogP contribution in [0.25, 0.3) is 0 Å². The molecule has 0 bridgehead atoms. The Labute approximate surface area is 236 Å². The van der Waals surface area contributed by atoms with E-state index in [1.807, 2.05) is 37.4 Å². The number of amides is 2. The minimum absolute atomic E-state index is 0.0583. The van der Waals surface area contributed by atoms with Crippen molar-refractivity contribution in [1.29, 1.82) is 0 Å². The van der Waals surface area contributed by atoms with Crippen LogP contribution in [-0.4, -0.2) is 58.5 Å². The van der Waals surface area contributed by atoms with Gasteiger partial charge < -0.3 is 30.2 Å². The van der Waals surface area contributed by atoms with Gasteiger partial charge in [0, 0.05) is 41.7 Å². The molecule has 2 atom stereocenters. The van der Waals surface area contributed by atoms with E-state index < -0.39 is 12.2 Å². The van der Waals surface area contributed by atoms with Gasteiger partial charge in [0.1, 0.15) is 11.9 Å². The number of hydrogen-bond donors (Lipinski definition) is 3. The van der Waals surface area contributed by atoms with Crippen molar-refractivity contribution in [3.05, 3.63) is 63.7 Å². The minimum atomic E-state index is -0.543. The molecule has 1 aliphatic carbocycles. The number of methoxy groups -OCH3 is 1. The van der Waals surface area contributed by atoms with Crippen molar-refractivity contribution in [2.75, 3.05) is 40.5 Å². The Morgan fingerprint density at radius 3 is 2.72 bits per heavy atom. The topological polar surface area (TPSA) is 97.9 Å². The largest absolute Gasteiger partial charge is 0.493 e. The number of carbonyl (C=O) groups excluding carboxylic acids is 2. The molecule has 4 rings (SSSR count). The maximum atomic E-state index is 13.6. The summed E-state index contributed by atoms with van der Waals surface area (Å²) in [5.74, 6) is 1.30. The van der Waals surface area contributed by atoms with E-state index in [0.29, 0.717) is 23.1 Å². The molecule has 2 aromatic carbocycles. The normalized spacial score (nSPS) is 16.6. The number of alkyl carbamates (subject to hydrolysis) is 1. The van der Waals surface area contributed by atoms with Gasteiger partial charge in [-0.15, -0.1) is 0 Å². The second-order valence-corrected chi connectivity index (χ2v) is 10.8. The Balaban J connectivity index is 1.59. The van der Waals surface area contributed by atoms with Crippen LogP contribution in [0.3, 0.4) is 0 Å². The molecule has 9 heteroatoms. The van der Waals surface area contributed by atoms with Crippen LogP contribution in [0.4, 0.5) is 4.79 Å². The predicted octanol–water partition coefficient (Wildman–Crippen LogP) is 5.03. The average Bonchev–Trinajstić information content (AvgIpc) is 3.42. The van der Waals surface area contributed by atoms with Gasteiger partial charge in [-0.05, 0) is 54.8 Å². The van der Waals surface area contributed by atoms with Crippen molar-refractivity contribution < 1.29 is 23.8 Å². The van der Waals surface area contributed by atoms with Crippen molar-refractivity contribution in [3.8, 4) is 5.75 Å². The van der Waals surface area contributed by atoms with Crippen molar-refractivity contribution in [3.63, 3.8) is 0 Å². The van der Waals surface area contributed by atoms with Gasteiger partial charge >= 0.3 is 6.09 Å². The van der Waals surface area contributed by atoms with Gasteiger partial charge in [0.25, 0.3) is 5.91 Å². The number of rotatable bonds is 12. The van der Waals surface area contributed by atoms with Crippen LogP contribution < -0.4 is 20.7 Å². The molecule has 212 valence electrons. The summed E-state index contributed by atoms with van der Waals surface area (Å²) in [6, 6.07) is 11.3. The summed E-state index contributed by atoms with van der Waals surface area (Å²) in [7, 11) is 3.24. The Hall–Kier alpha value is -2.81. The maximum absolute atomic E-state index is 13.6. The zero-order valence-corrected chi connectivity index (χ0v) is 23.6. The fraction of sp³-hybridized carbons (Fsp3) is 0.533. The van der Waals surface area contributed by atoms with Crippen LogP contribution in [0.5, 0.6) is 5.75 Å². The molecule has 0 aromatic heterocycles. The van der Waals surface area contributed by atoms with E-state index in [1.54, 1.807) is 6.07 Å². The molecule has 0 saturated heterocycles. The molecule has 1 heterocycles. The lowest BCUT2D eigenvalue weighted by Gasteiger charge is -2.27. The number of nitrogens with one attached hydrogen (secondary N) is 3. The van der Waals surface area contributed by atoms with E-state index in [9.17, 15) is 9.59 Å². The van der Waals surface area contributed by atoms with Crippen molar-refractivity contribution in [1.82, 2.24) is 16.0 Å². The zero-order valence-electron chi connectivity index (χ0n) is 22.9. The number of carbonyl (C=O) groups is 2. The fourth-order valence-electron chi connectivity index (χ4n) is 5.63. The lowest BCUT2D eigenvalue weighted by Crippen LogP contribution is -2.42. The molecule has 2 aliphatic rings. The molecule has 1 aliphatic heterocycles. The van der Waals surface area contributed by atoms with E-state index in [2.05, 4.69) is 20.7 Å². The minimum Gasteiger partial charge on any atom is -0.493 e. The highest BCUT2D eigenvalue weighted by atomic mass is 35.5. The first kappa shape index (κ1) is 29.2. The Morgan fingerprint density at radius 1 is 1.15 bits per heavy atom. The second kappa shape index (κ2) is 14.5. The number of fused-ring (bicyclic) bond motifs is 1. The molecule has 1 fully saturated rings. The Bertz CT molecular complexity index is 1120. The second-order valence-electron chi connectivity index (χ2n) is 10.3. The molecule has 0 radical (unpaired) electrons. The van der Waals surface area contributed by atoms with Gasteiger partial charge in [-0.25, -0.2) is 4.79 Å². The van der Waals surface area contributed by atoms with E-state index >= 15 is 0 Å². The maximum Gasteiger partial charge on any atom is 0.406 e. The summed E-state index contributed by atoms with van der Waals surface area (Å²) in [6.45, 7) is 1.76. The lowest BCUT2D eigenvalue weighted by atomic mass is 9.84. The summed E-state index contributed by atoms with van der Waals surface area (Å²) in [5, 5.41) is 9.76. The van der Waals surface area contributed by atoms with E-state index in [1.165, 1.54) is 39.2 Å². The fourth-order valence-corrected chi connectivity index (χ4v) is 5.83. The summed E-state index contributed by atoms with van der Waals surface area (Å²) in [5.41, 5.74) is 3.18. The van der Waals surface area contributed by atoms with Gasteiger partial charge in [0.05, 0.1) is 20.3 Å². The first-order valence-corrected chi connectivity index (χ1v) is 14.3. The van der Waals surface area contributed by atoms with Gasteiger partial charge in [0.2, 0.25) is 0 Å². The van der Waals surface area contributed by atoms with Gasteiger partial charge in [-0.3, -0.25) is 4.79 Å². The van der Waals surface area contributed by atoms with Crippen molar-refractivity contribution in [2.45, 2.75) is 57.1 Å². The van der Waals surface area contributed by atoms with Crippen LogP contribution >= 0.6 is 11.6 Å². The summed E-state index contributed by atoms with van der Waals surface area (Å²) >= 11 is 6.33. The molecule has 2 aromatic rings. The third kappa shape index (κ3) is 8.10. The van der Waals surface area contributed by atoms with Gasteiger partial charge in [-0.1, -0.05) is 55.8 Å². The molecular weight excluding hydrogens is 518 g/mol. The van der Waals surface area contributed by atoms with Crippen LogP contribution in [0.15, 0.2) is 36.4 Å². The first-order chi connectivity index (χ1) is 19.0. The van der Waals surface area contributed by atoms with E-state index in [0.717, 1.165) is 41.8 Å². The van der Waals surface area contributed by atoms with Crippen LogP contribution in [0, 0.1) is 5.92 Å². The molecule has 2 unspecified atom stereocenters. The standard InChI is InChI=1S/C30H40ClN3O5/c1-32-19-25(15-20-7-4-3-5-8-20)34-29(35)23-16-22-11-13-38-28(22)26(18-23)27(21-9-6-10-24(31)17-21)39-14-12-33-30(36)37-2/h6,9-10,16-18,20,25,27,32H,3-5,7-8,11-15,19H2,1-2H3,(H,33,36)(H,34,35). The monoisotopic (exact) mass is 557 g/mol. The molecular formula is C30H40ClN3O5. The number of hydrogen-bond acceptors (Lipinski definition) is 6. The summed E-state index contributed by atoms with van der Waals surface area (Å²) in [6.07, 6.45) is 6.97. The highest BCUT2D eigenvalue weighted by Gasteiger charge is 2.28. The molecule has 2 amide bonds. The van der Waals surface area contributed by atoms with Crippen molar-refractivity contribution in [2.24, 2.45) is 5.92 Å². The summed E-state index contributed by atoms with van der Waals surface area (Å²) in [4.78, 5) is 25.1. The number of benzene rings is 2. The quantitative estimate of drug-likeness (QED) is 0.317. The first-order valence-electron chi connectivity index (χ1n) is 13.9. The van der Waals surface area contributed by atoms with Crippen molar-refractivity contribution >= 4 is 23.6 Å². The van der Waals surface area contributed by atoms with Gasteiger partial charge in [-0.2, -0.15) is 0 Å². The third-order valence-electron chi connectivity index (χ3n) is 7.48. The molecule has 3 N–H and O–H groups in total. The Morgan fingerprint density at radius 2 is 1.97 bits per heavy atom. The lowest BCUT2D eigenvalue weighted by molar-refractivity contribution is 0.0786. The van der Waals surface area contributed by atoms with E-state index in [4.69, 9.17) is 21.1 Å². The average molecular weight is 558 g/mol. The summed E-state index contributed by atoms with van der Waals surface area (Å²) < 4.78 is 17.0. The molecule has 1 saturated carbocycles. The zero-order chi connectivity index (χ0) is 27.6. The van der Waals surface area contributed by atoms with Crippen LogP contribution in [0.1, 0.15) is 71.7 Å².